The van der Waals surface area contributed by atoms with Gasteiger partial charge >= 0.3 is 5.97 Å². The number of carbonyl (C=O) groups excluding carboxylic acids is 1. The van der Waals surface area contributed by atoms with Gasteiger partial charge in [-0.3, -0.25) is 9.81 Å². The van der Waals surface area contributed by atoms with Crippen LogP contribution < -0.4 is 4.90 Å². The van der Waals surface area contributed by atoms with Crippen LogP contribution in [0.3, 0.4) is 0 Å². The summed E-state index contributed by atoms with van der Waals surface area (Å²) in [6.07, 6.45) is 6.72. The van der Waals surface area contributed by atoms with Crippen molar-refractivity contribution in [3.05, 3.63) is 75.9 Å². The lowest BCUT2D eigenvalue weighted by Gasteiger charge is -2.19. The number of fused-ring (bicyclic) bond motifs is 1. The minimum atomic E-state index is -0.670. The number of allylic oxidation sites excluding steroid dienone is 1. The van der Waals surface area contributed by atoms with Crippen LogP contribution in [0, 0.1) is 5.41 Å². The van der Waals surface area contributed by atoms with Crippen molar-refractivity contribution >= 4 is 40.4 Å². The van der Waals surface area contributed by atoms with Crippen molar-refractivity contribution in [1.29, 1.82) is 5.41 Å². The number of thiophene rings is 1. The Morgan fingerprint density at radius 2 is 1.93 bits per heavy atom. The minimum Gasteiger partial charge on any atom is -0.455 e. The maximum Gasteiger partial charge on any atom is 0.358 e. The highest BCUT2D eigenvalue weighted by molar-refractivity contribution is 7.08. The molecule has 40 heavy (non-hydrogen) atoms. The standard InChI is InChI=1S/C31H35N5O3S/c1-6-20(2)27(21-11-12-24(33-18-21)35-14-7-8-15-35)38-28(32)23-10-9-16-36-26(30(37)39-31(3,4)5)25(34-29(23)36)22-13-17-40-19-22/h9-13,16-19,32H,6-8,14-15H2,1-5H3/b27-20+,32-28?. The van der Waals surface area contributed by atoms with Gasteiger partial charge in [-0.2, -0.15) is 11.3 Å². The Morgan fingerprint density at radius 1 is 1.15 bits per heavy atom. The van der Waals surface area contributed by atoms with Crippen LogP contribution in [-0.2, 0) is 9.47 Å². The number of aromatic nitrogens is 3. The van der Waals surface area contributed by atoms with Crippen molar-refractivity contribution in [3.8, 4) is 11.3 Å². The first-order valence-corrected chi connectivity index (χ1v) is 14.6. The van der Waals surface area contributed by atoms with E-state index in [9.17, 15) is 4.79 Å². The molecular weight excluding hydrogens is 522 g/mol. The summed E-state index contributed by atoms with van der Waals surface area (Å²) >= 11 is 1.53. The van der Waals surface area contributed by atoms with Crippen LogP contribution in [0.2, 0.25) is 0 Å². The van der Waals surface area contributed by atoms with Crippen LogP contribution >= 0.6 is 11.3 Å². The number of carbonyl (C=O) groups is 1. The van der Waals surface area contributed by atoms with E-state index < -0.39 is 11.6 Å². The molecule has 5 rings (SSSR count). The molecule has 0 saturated carbocycles. The first kappa shape index (κ1) is 27.6. The van der Waals surface area contributed by atoms with Crippen LogP contribution in [0.15, 0.2) is 59.1 Å². The number of imidazole rings is 1. The van der Waals surface area contributed by atoms with Gasteiger partial charge in [-0.1, -0.05) is 6.92 Å². The molecule has 1 fully saturated rings. The van der Waals surface area contributed by atoms with Crippen LogP contribution in [0.4, 0.5) is 5.82 Å². The van der Waals surface area contributed by atoms with Crippen LogP contribution in [0.1, 0.15) is 75.5 Å². The maximum atomic E-state index is 13.4. The third-order valence-corrected chi connectivity index (χ3v) is 7.53. The van der Waals surface area contributed by atoms with Crippen molar-refractivity contribution < 1.29 is 14.3 Å². The van der Waals surface area contributed by atoms with Crippen molar-refractivity contribution in [2.45, 2.75) is 59.5 Å². The van der Waals surface area contributed by atoms with E-state index in [2.05, 4.69) is 11.8 Å². The van der Waals surface area contributed by atoms with E-state index >= 15 is 0 Å². The number of anilines is 1. The Bertz CT molecular complexity index is 1560. The monoisotopic (exact) mass is 557 g/mol. The fourth-order valence-electron chi connectivity index (χ4n) is 4.73. The van der Waals surface area contributed by atoms with E-state index in [0.29, 0.717) is 28.4 Å². The molecule has 1 saturated heterocycles. The first-order valence-electron chi connectivity index (χ1n) is 13.6. The zero-order valence-electron chi connectivity index (χ0n) is 23.7. The summed E-state index contributed by atoms with van der Waals surface area (Å²) in [5.41, 5.74) is 3.72. The lowest BCUT2D eigenvalue weighted by atomic mass is 10.1. The second kappa shape index (κ2) is 11.3. The van der Waals surface area contributed by atoms with Gasteiger partial charge in [0, 0.05) is 42.0 Å². The summed E-state index contributed by atoms with van der Waals surface area (Å²) in [4.78, 5) is 25.2. The van der Waals surface area contributed by atoms with Crippen molar-refractivity contribution in [3.63, 3.8) is 0 Å². The Morgan fingerprint density at radius 3 is 2.55 bits per heavy atom. The molecule has 0 aromatic carbocycles. The average Bonchev–Trinajstić information content (AvgIpc) is 3.71. The Balaban J connectivity index is 1.52. The molecule has 4 aromatic heterocycles. The summed E-state index contributed by atoms with van der Waals surface area (Å²) in [5.74, 6) is 1.03. The molecule has 1 N–H and O–H groups in total. The molecule has 0 amide bonds. The maximum absolute atomic E-state index is 13.4. The highest BCUT2D eigenvalue weighted by Gasteiger charge is 2.28. The van der Waals surface area contributed by atoms with Gasteiger partial charge in [-0.15, -0.1) is 0 Å². The predicted molar refractivity (Wildman–Crippen MR) is 160 cm³/mol. The third kappa shape index (κ3) is 5.65. The lowest BCUT2D eigenvalue weighted by Crippen LogP contribution is -2.25. The van der Waals surface area contributed by atoms with E-state index in [1.807, 2.05) is 62.9 Å². The van der Waals surface area contributed by atoms with E-state index in [4.69, 9.17) is 24.9 Å². The zero-order chi connectivity index (χ0) is 28.4. The van der Waals surface area contributed by atoms with Crippen molar-refractivity contribution in [1.82, 2.24) is 14.4 Å². The van der Waals surface area contributed by atoms with Crippen molar-refractivity contribution in [2.75, 3.05) is 18.0 Å². The summed E-state index contributed by atoms with van der Waals surface area (Å²) < 4.78 is 13.7. The molecule has 1 aliphatic rings. The molecule has 4 aromatic rings. The summed E-state index contributed by atoms with van der Waals surface area (Å²) in [7, 11) is 0. The molecule has 0 radical (unpaired) electrons. The minimum absolute atomic E-state index is 0.0605. The summed E-state index contributed by atoms with van der Waals surface area (Å²) in [6.45, 7) is 11.6. The normalized spacial score (nSPS) is 14.4. The highest BCUT2D eigenvalue weighted by Crippen LogP contribution is 2.31. The quantitative estimate of drug-likeness (QED) is 0.112. The smallest absolute Gasteiger partial charge is 0.358 e. The van der Waals surface area contributed by atoms with Gasteiger partial charge in [0.15, 0.2) is 11.3 Å². The van der Waals surface area contributed by atoms with Gasteiger partial charge in [0.05, 0.1) is 5.56 Å². The molecule has 9 heteroatoms. The van der Waals surface area contributed by atoms with E-state index in [-0.39, 0.29) is 5.90 Å². The van der Waals surface area contributed by atoms with Crippen molar-refractivity contribution in [2.24, 2.45) is 0 Å². The van der Waals surface area contributed by atoms with Gasteiger partial charge in [0.2, 0.25) is 5.90 Å². The first-order chi connectivity index (χ1) is 19.2. The van der Waals surface area contributed by atoms with Gasteiger partial charge in [-0.05, 0) is 88.2 Å². The van der Waals surface area contributed by atoms with Gasteiger partial charge in [0.25, 0.3) is 0 Å². The summed E-state index contributed by atoms with van der Waals surface area (Å²) in [6, 6.07) is 9.52. The third-order valence-electron chi connectivity index (χ3n) is 6.84. The Hall–Kier alpha value is -3.98. The molecule has 208 valence electrons. The van der Waals surface area contributed by atoms with Crippen LogP contribution in [0.25, 0.3) is 22.7 Å². The molecule has 8 nitrogen and oxygen atoms in total. The number of esters is 1. The van der Waals surface area contributed by atoms with Gasteiger partial charge in [0.1, 0.15) is 22.9 Å². The average molecular weight is 558 g/mol. The number of hydrogen-bond acceptors (Lipinski definition) is 8. The number of nitrogens with zero attached hydrogens (tertiary/aromatic N) is 4. The largest absolute Gasteiger partial charge is 0.455 e. The lowest BCUT2D eigenvalue weighted by molar-refractivity contribution is 0.00626. The van der Waals surface area contributed by atoms with Crippen LogP contribution in [-0.4, -0.2) is 44.9 Å². The molecule has 0 atom stereocenters. The Kier molecular flexibility index (Phi) is 7.76. The number of rotatable bonds is 7. The summed E-state index contributed by atoms with van der Waals surface area (Å²) in [5, 5.41) is 12.9. The SMILES string of the molecule is CC/C(C)=C(/OC(=N)c1cccn2c(C(=O)OC(C)(C)C)c(-c3ccsc3)nc12)c1ccc(N2CCCC2)nc1. The topological polar surface area (TPSA) is 92.8 Å². The number of nitrogens with one attached hydrogen (secondary N) is 1. The van der Waals surface area contributed by atoms with Gasteiger partial charge in [-0.25, -0.2) is 14.8 Å². The van der Waals surface area contributed by atoms with E-state index in [1.54, 1.807) is 22.7 Å². The molecule has 0 aliphatic carbocycles. The molecule has 0 spiro atoms. The molecule has 0 bridgehead atoms. The molecule has 1 aliphatic heterocycles. The number of pyridine rings is 2. The predicted octanol–water partition coefficient (Wildman–Crippen LogP) is 7.20. The zero-order valence-corrected chi connectivity index (χ0v) is 24.5. The Labute approximate surface area is 238 Å². The molecular formula is C31H35N5O3S. The molecule has 0 unspecified atom stereocenters. The number of hydrogen-bond donors (Lipinski definition) is 1. The second-order valence-corrected chi connectivity index (χ2v) is 11.7. The molecule has 5 heterocycles. The van der Waals surface area contributed by atoms with Gasteiger partial charge < -0.3 is 14.4 Å². The van der Waals surface area contributed by atoms with Crippen LogP contribution in [0.5, 0.6) is 0 Å². The fourth-order valence-corrected chi connectivity index (χ4v) is 5.37. The van der Waals surface area contributed by atoms with E-state index in [0.717, 1.165) is 42.0 Å². The van der Waals surface area contributed by atoms with E-state index in [1.165, 1.54) is 24.2 Å². The second-order valence-electron chi connectivity index (χ2n) is 10.9. The number of ether oxygens (including phenoxy) is 2. The fraction of sp³-hybridized carbons (Fsp3) is 0.355. The highest BCUT2D eigenvalue weighted by atomic mass is 32.1.